The van der Waals surface area contributed by atoms with E-state index in [4.69, 9.17) is 5.73 Å². The van der Waals surface area contributed by atoms with Gasteiger partial charge in [-0.15, -0.1) is 0 Å². The summed E-state index contributed by atoms with van der Waals surface area (Å²) in [6, 6.07) is 16.9. The molecule has 0 saturated carbocycles. The maximum Gasteiger partial charge on any atom is 0.0926 e. The van der Waals surface area contributed by atoms with E-state index in [0.717, 1.165) is 23.5 Å². The third-order valence-corrected chi connectivity index (χ3v) is 3.42. The highest BCUT2D eigenvalue weighted by molar-refractivity contribution is 5.86. The van der Waals surface area contributed by atoms with Crippen molar-refractivity contribution in [3.63, 3.8) is 0 Å². The minimum Gasteiger partial charge on any atom is -0.325 e. The fraction of sp³-hybridized carbons (Fsp3) is 0.188. The Kier molecular flexibility index (Phi) is 3.05. The quantitative estimate of drug-likeness (QED) is 0.777. The van der Waals surface area contributed by atoms with Gasteiger partial charge in [-0.25, -0.2) is 0 Å². The Hall–Kier alpha value is -2.13. The van der Waals surface area contributed by atoms with Gasteiger partial charge in [0.1, 0.15) is 0 Å². The summed E-state index contributed by atoms with van der Waals surface area (Å²) < 4.78 is 1.96. The van der Waals surface area contributed by atoms with Crippen LogP contribution in [0.15, 0.2) is 48.5 Å². The van der Waals surface area contributed by atoms with Gasteiger partial charge in [0.15, 0.2) is 0 Å². The van der Waals surface area contributed by atoms with Crippen molar-refractivity contribution in [1.82, 2.24) is 9.78 Å². The molecule has 3 heteroatoms. The standard InChI is InChI=1S/C16H17N3/c1-2-19-15(11-17)10-16(18-19)14-8-7-12-5-3-4-6-13(12)9-14/h3-10H,2,11,17H2,1H3. The van der Waals surface area contributed by atoms with E-state index in [0.29, 0.717) is 6.54 Å². The highest BCUT2D eigenvalue weighted by Gasteiger charge is 2.07. The van der Waals surface area contributed by atoms with Crippen molar-refractivity contribution in [2.45, 2.75) is 20.0 Å². The van der Waals surface area contributed by atoms with Gasteiger partial charge in [-0.1, -0.05) is 36.4 Å². The first-order valence-corrected chi connectivity index (χ1v) is 6.58. The summed E-state index contributed by atoms with van der Waals surface area (Å²) in [5.74, 6) is 0. The van der Waals surface area contributed by atoms with E-state index < -0.39 is 0 Å². The van der Waals surface area contributed by atoms with Crippen molar-refractivity contribution in [2.75, 3.05) is 0 Å². The summed E-state index contributed by atoms with van der Waals surface area (Å²) in [6.45, 7) is 3.45. The van der Waals surface area contributed by atoms with Crippen molar-refractivity contribution >= 4 is 10.8 Å². The molecule has 0 bridgehead atoms. The Morgan fingerprint density at radius 2 is 1.84 bits per heavy atom. The molecule has 0 radical (unpaired) electrons. The number of aromatic nitrogens is 2. The van der Waals surface area contributed by atoms with Crippen LogP contribution in [0.25, 0.3) is 22.0 Å². The molecule has 0 spiro atoms. The molecular formula is C16H17N3. The number of rotatable bonds is 3. The van der Waals surface area contributed by atoms with Crippen LogP contribution in [0.1, 0.15) is 12.6 Å². The van der Waals surface area contributed by atoms with E-state index in [-0.39, 0.29) is 0 Å². The van der Waals surface area contributed by atoms with Gasteiger partial charge in [-0.2, -0.15) is 5.10 Å². The molecule has 19 heavy (non-hydrogen) atoms. The van der Waals surface area contributed by atoms with E-state index in [1.54, 1.807) is 0 Å². The molecule has 0 fully saturated rings. The van der Waals surface area contributed by atoms with Gasteiger partial charge in [0.05, 0.1) is 11.4 Å². The minimum absolute atomic E-state index is 0.522. The Bertz CT molecular complexity index is 691. The van der Waals surface area contributed by atoms with Gasteiger partial charge >= 0.3 is 0 Å². The topological polar surface area (TPSA) is 43.8 Å². The van der Waals surface area contributed by atoms with Crippen molar-refractivity contribution < 1.29 is 0 Å². The van der Waals surface area contributed by atoms with Crippen LogP contribution in [0.4, 0.5) is 0 Å². The Labute approximate surface area is 112 Å². The lowest BCUT2D eigenvalue weighted by atomic mass is 10.1. The maximum atomic E-state index is 5.75. The number of aryl methyl sites for hydroxylation is 1. The van der Waals surface area contributed by atoms with E-state index in [9.17, 15) is 0 Å². The number of hydrogen-bond donors (Lipinski definition) is 1. The molecule has 1 heterocycles. The summed E-state index contributed by atoms with van der Waals surface area (Å²) in [5, 5.41) is 7.10. The van der Waals surface area contributed by atoms with Crippen LogP contribution in [-0.2, 0) is 13.1 Å². The molecule has 1 aromatic heterocycles. The smallest absolute Gasteiger partial charge is 0.0926 e. The minimum atomic E-state index is 0.522. The fourth-order valence-corrected chi connectivity index (χ4v) is 2.38. The summed E-state index contributed by atoms with van der Waals surface area (Å²) in [4.78, 5) is 0. The van der Waals surface area contributed by atoms with E-state index in [1.807, 2.05) is 4.68 Å². The lowest BCUT2D eigenvalue weighted by molar-refractivity contribution is 0.624. The molecular weight excluding hydrogens is 234 g/mol. The normalized spacial score (nSPS) is 11.1. The molecule has 0 aliphatic heterocycles. The monoisotopic (exact) mass is 251 g/mol. The van der Waals surface area contributed by atoms with Gasteiger partial charge in [0.2, 0.25) is 0 Å². The summed E-state index contributed by atoms with van der Waals surface area (Å²) >= 11 is 0. The first-order valence-electron chi connectivity index (χ1n) is 6.58. The van der Waals surface area contributed by atoms with Gasteiger partial charge in [0.25, 0.3) is 0 Å². The summed E-state index contributed by atoms with van der Waals surface area (Å²) in [5.41, 5.74) is 8.96. The molecule has 0 amide bonds. The number of nitrogens with zero attached hydrogens (tertiary/aromatic N) is 2. The molecule has 0 atom stereocenters. The van der Waals surface area contributed by atoms with E-state index >= 15 is 0 Å². The van der Waals surface area contributed by atoms with E-state index in [1.165, 1.54) is 10.8 Å². The van der Waals surface area contributed by atoms with Crippen LogP contribution >= 0.6 is 0 Å². The second-order valence-corrected chi connectivity index (χ2v) is 4.60. The highest BCUT2D eigenvalue weighted by Crippen LogP contribution is 2.24. The molecule has 3 rings (SSSR count). The number of benzene rings is 2. The molecule has 96 valence electrons. The molecule has 3 aromatic rings. The van der Waals surface area contributed by atoms with Crippen LogP contribution in [0.2, 0.25) is 0 Å². The molecule has 0 aliphatic rings. The predicted molar refractivity (Wildman–Crippen MR) is 78.7 cm³/mol. The zero-order chi connectivity index (χ0) is 13.2. The van der Waals surface area contributed by atoms with Crippen LogP contribution < -0.4 is 5.73 Å². The average molecular weight is 251 g/mol. The third kappa shape index (κ3) is 2.13. The van der Waals surface area contributed by atoms with Crippen molar-refractivity contribution in [1.29, 1.82) is 0 Å². The maximum absolute atomic E-state index is 5.75. The lowest BCUT2D eigenvalue weighted by Crippen LogP contribution is -2.06. The van der Waals surface area contributed by atoms with Crippen molar-refractivity contribution in [3.8, 4) is 11.3 Å². The first-order chi connectivity index (χ1) is 9.31. The van der Waals surface area contributed by atoms with Gasteiger partial charge < -0.3 is 5.73 Å². The molecule has 2 aromatic carbocycles. The second-order valence-electron chi connectivity index (χ2n) is 4.60. The molecule has 3 nitrogen and oxygen atoms in total. The highest BCUT2D eigenvalue weighted by atomic mass is 15.3. The summed E-state index contributed by atoms with van der Waals surface area (Å²) in [7, 11) is 0. The zero-order valence-electron chi connectivity index (χ0n) is 11.0. The van der Waals surface area contributed by atoms with Crippen LogP contribution in [0.3, 0.4) is 0 Å². The zero-order valence-corrected chi connectivity index (χ0v) is 11.0. The molecule has 0 saturated heterocycles. The van der Waals surface area contributed by atoms with Crippen molar-refractivity contribution in [2.24, 2.45) is 5.73 Å². The Morgan fingerprint density at radius 1 is 1.05 bits per heavy atom. The van der Waals surface area contributed by atoms with Gasteiger partial charge in [0, 0.05) is 18.7 Å². The van der Waals surface area contributed by atoms with Gasteiger partial charge in [-0.3, -0.25) is 4.68 Å². The van der Waals surface area contributed by atoms with Crippen molar-refractivity contribution in [3.05, 3.63) is 54.2 Å². The largest absolute Gasteiger partial charge is 0.325 e. The van der Waals surface area contributed by atoms with Crippen LogP contribution in [0.5, 0.6) is 0 Å². The number of hydrogen-bond acceptors (Lipinski definition) is 2. The summed E-state index contributed by atoms with van der Waals surface area (Å²) in [6.07, 6.45) is 0. The van der Waals surface area contributed by atoms with Crippen LogP contribution in [0, 0.1) is 0 Å². The number of nitrogens with two attached hydrogens (primary N) is 1. The second kappa shape index (κ2) is 4.86. The van der Waals surface area contributed by atoms with E-state index in [2.05, 4.69) is 60.6 Å². The predicted octanol–water partition coefficient (Wildman–Crippen LogP) is 3.18. The third-order valence-electron chi connectivity index (χ3n) is 3.42. The Balaban J connectivity index is 2.10. The lowest BCUT2D eigenvalue weighted by Gasteiger charge is -2.01. The fourth-order valence-electron chi connectivity index (χ4n) is 2.38. The number of fused-ring (bicyclic) bond motifs is 1. The molecule has 0 unspecified atom stereocenters. The Morgan fingerprint density at radius 3 is 2.53 bits per heavy atom. The van der Waals surface area contributed by atoms with Gasteiger partial charge in [-0.05, 0) is 29.8 Å². The molecule has 2 N–H and O–H groups in total. The SMILES string of the molecule is CCn1nc(-c2ccc3ccccc3c2)cc1CN. The molecule has 0 aliphatic carbocycles. The first kappa shape index (κ1) is 11.9. The van der Waals surface area contributed by atoms with Crippen LogP contribution in [-0.4, -0.2) is 9.78 Å². The average Bonchev–Trinajstić information content (AvgIpc) is 2.90.